The molecule has 0 N–H and O–H groups in total. The van der Waals surface area contributed by atoms with Crippen LogP contribution in [0.5, 0.6) is 17.2 Å². The summed E-state index contributed by atoms with van der Waals surface area (Å²) in [5.74, 6) is 1.93. The van der Waals surface area contributed by atoms with E-state index in [0.29, 0.717) is 30.2 Å². The highest BCUT2D eigenvalue weighted by atomic mass is 16.5. The van der Waals surface area contributed by atoms with Crippen molar-refractivity contribution in [2.45, 2.75) is 13.5 Å². The second-order valence-corrected chi connectivity index (χ2v) is 5.91. The molecule has 0 saturated carbocycles. The van der Waals surface area contributed by atoms with Crippen LogP contribution in [0.2, 0.25) is 0 Å². The number of amides is 1. The molecule has 2 rings (SSSR count). The van der Waals surface area contributed by atoms with E-state index in [2.05, 4.69) is 6.58 Å². The zero-order chi connectivity index (χ0) is 19.1. The molecule has 0 spiro atoms. The van der Waals surface area contributed by atoms with Crippen LogP contribution in [-0.2, 0) is 6.54 Å². The van der Waals surface area contributed by atoms with E-state index in [1.165, 1.54) is 0 Å². The number of rotatable bonds is 8. The molecule has 138 valence electrons. The molecule has 5 nitrogen and oxygen atoms in total. The minimum Gasteiger partial charge on any atom is -0.496 e. The zero-order valence-electron chi connectivity index (χ0n) is 15.7. The monoisotopic (exact) mass is 355 g/mol. The molecule has 0 heterocycles. The number of nitrogens with zero attached hydrogens (tertiary/aromatic N) is 1. The van der Waals surface area contributed by atoms with E-state index in [4.69, 9.17) is 14.2 Å². The quantitative estimate of drug-likeness (QED) is 0.675. The van der Waals surface area contributed by atoms with Crippen molar-refractivity contribution in [2.24, 2.45) is 0 Å². The van der Waals surface area contributed by atoms with Gasteiger partial charge >= 0.3 is 0 Å². The minimum atomic E-state index is -0.103. The standard InChI is InChI=1S/C21H25NO4/c1-6-11-26-18-9-7-16(8-10-18)14-22(3)21(23)17-12-19(24-4)15(2)20(13-17)25-5/h6-10,12-13H,1,11,14H2,2-5H3. The van der Waals surface area contributed by atoms with Crippen LogP contribution in [0.25, 0.3) is 0 Å². The van der Waals surface area contributed by atoms with E-state index in [9.17, 15) is 4.79 Å². The SMILES string of the molecule is C=CCOc1ccc(CN(C)C(=O)c2cc(OC)c(C)c(OC)c2)cc1. The second-order valence-electron chi connectivity index (χ2n) is 5.91. The highest BCUT2D eigenvalue weighted by Gasteiger charge is 2.17. The lowest BCUT2D eigenvalue weighted by molar-refractivity contribution is 0.0784. The summed E-state index contributed by atoms with van der Waals surface area (Å²) in [7, 11) is 4.93. The van der Waals surface area contributed by atoms with Crippen LogP contribution in [-0.4, -0.2) is 38.7 Å². The predicted octanol–water partition coefficient (Wildman–Crippen LogP) is 3.85. The van der Waals surface area contributed by atoms with Gasteiger partial charge in [0.15, 0.2) is 0 Å². The topological polar surface area (TPSA) is 48.0 Å². The van der Waals surface area contributed by atoms with E-state index >= 15 is 0 Å². The molecule has 0 aliphatic rings. The van der Waals surface area contributed by atoms with Crippen LogP contribution in [0.3, 0.4) is 0 Å². The van der Waals surface area contributed by atoms with E-state index in [0.717, 1.165) is 16.9 Å². The lowest BCUT2D eigenvalue weighted by Gasteiger charge is -2.19. The number of carbonyl (C=O) groups excluding carboxylic acids is 1. The predicted molar refractivity (Wildman–Crippen MR) is 102 cm³/mol. The average molecular weight is 355 g/mol. The average Bonchev–Trinajstić information content (AvgIpc) is 2.67. The smallest absolute Gasteiger partial charge is 0.254 e. The largest absolute Gasteiger partial charge is 0.496 e. The first-order valence-corrected chi connectivity index (χ1v) is 8.30. The Kier molecular flexibility index (Phi) is 6.67. The Labute approximate surface area is 154 Å². The lowest BCUT2D eigenvalue weighted by Crippen LogP contribution is -2.26. The molecule has 0 aliphatic heterocycles. The Hall–Kier alpha value is -2.95. The normalized spacial score (nSPS) is 10.2. The van der Waals surface area contributed by atoms with E-state index in [1.807, 2.05) is 31.2 Å². The van der Waals surface area contributed by atoms with Gasteiger partial charge in [0, 0.05) is 24.7 Å². The van der Waals surface area contributed by atoms with Crippen LogP contribution in [0.1, 0.15) is 21.5 Å². The summed E-state index contributed by atoms with van der Waals surface area (Å²) in [6.45, 7) is 6.47. The molecule has 0 bridgehead atoms. The van der Waals surface area contributed by atoms with Crippen molar-refractivity contribution in [3.8, 4) is 17.2 Å². The van der Waals surface area contributed by atoms with Gasteiger partial charge in [0.1, 0.15) is 23.9 Å². The van der Waals surface area contributed by atoms with E-state index in [1.54, 1.807) is 44.4 Å². The summed E-state index contributed by atoms with van der Waals surface area (Å²) < 4.78 is 16.2. The summed E-state index contributed by atoms with van der Waals surface area (Å²) in [4.78, 5) is 14.4. The molecule has 26 heavy (non-hydrogen) atoms. The summed E-state index contributed by atoms with van der Waals surface area (Å²) >= 11 is 0. The Morgan fingerprint density at radius 1 is 1.12 bits per heavy atom. The van der Waals surface area contributed by atoms with Crippen LogP contribution < -0.4 is 14.2 Å². The van der Waals surface area contributed by atoms with Gasteiger partial charge in [0.05, 0.1) is 14.2 Å². The first-order valence-electron chi connectivity index (χ1n) is 8.30. The Balaban J connectivity index is 2.13. The molecule has 5 heteroatoms. The maximum atomic E-state index is 12.8. The molecule has 2 aromatic carbocycles. The molecule has 2 aromatic rings. The maximum absolute atomic E-state index is 12.8. The van der Waals surface area contributed by atoms with Crippen LogP contribution in [0, 0.1) is 6.92 Å². The Morgan fingerprint density at radius 2 is 1.69 bits per heavy atom. The summed E-state index contributed by atoms with van der Waals surface area (Å²) in [5, 5.41) is 0. The number of methoxy groups -OCH3 is 2. The third-order valence-corrected chi connectivity index (χ3v) is 4.06. The fourth-order valence-electron chi connectivity index (χ4n) is 2.62. The van der Waals surface area contributed by atoms with E-state index < -0.39 is 0 Å². The van der Waals surface area contributed by atoms with Gasteiger partial charge in [-0.05, 0) is 36.8 Å². The van der Waals surface area contributed by atoms with Gasteiger partial charge in [-0.15, -0.1) is 0 Å². The van der Waals surface area contributed by atoms with Crippen LogP contribution in [0.4, 0.5) is 0 Å². The zero-order valence-corrected chi connectivity index (χ0v) is 15.7. The third-order valence-electron chi connectivity index (χ3n) is 4.06. The van der Waals surface area contributed by atoms with Crippen molar-refractivity contribution >= 4 is 5.91 Å². The van der Waals surface area contributed by atoms with Crippen molar-refractivity contribution in [3.05, 3.63) is 65.7 Å². The van der Waals surface area contributed by atoms with E-state index in [-0.39, 0.29) is 5.91 Å². The molecular formula is C21H25NO4. The first-order chi connectivity index (χ1) is 12.5. The molecule has 1 amide bonds. The lowest BCUT2D eigenvalue weighted by atomic mass is 10.1. The third kappa shape index (κ3) is 4.57. The molecule has 0 unspecified atom stereocenters. The number of hydrogen-bond acceptors (Lipinski definition) is 4. The van der Waals surface area contributed by atoms with Gasteiger partial charge < -0.3 is 19.1 Å². The number of benzene rings is 2. The summed E-state index contributed by atoms with van der Waals surface area (Å²) in [6, 6.07) is 11.1. The summed E-state index contributed by atoms with van der Waals surface area (Å²) in [6.07, 6.45) is 1.70. The van der Waals surface area contributed by atoms with Crippen molar-refractivity contribution in [3.63, 3.8) is 0 Å². The molecule has 0 aliphatic carbocycles. The minimum absolute atomic E-state index is 0.103. The van der Waals surface area contributed by atoms with Crippen LogP contribution in [0.15, 0.2) is 49.1 Å². The van der Waals surface area contributed by atoms with Gasteiger partial charge in [-0.25, -0.2) is 0 Å². The van der Waals surface area contributed by atoms with Gasteiger partial charge in [0.2, 0.25) is 0 Å². The van der Waals surface area contributed by atoms with Gasteiger partial charge in [-0.3, -0.25) is 4.79 Å². The van der Waals surface area contributed by atoms with Crippen molar-refractivity contribution in [1.82, 2.24) is 4.90 Å². The van der Waals surface area contributed by atoms with Crippen molar-refractivity contribution in [1.29, 1.82) is 0 Å². The Bertz CT molecular complexity index is 743. The van der Waals surface area contributed by atoms with Gasteiger partial charge in [0.25, 0.3) is 5.91 Å². The maximum Gasteiger partial charge on any atom is 0.254 e. The molecule has 0 saturated heterocycles. The molecule has 0 aromatic heterocycles. The fourth-order valence-corrected chi connectivity index (χ4v) is 2.62. The molecular weight excluding hydrogens is 330 g/mol. The number of hydrogen-bond donors (Lipinski definition) is 0. The van der Waals surface area contributed by atoms with Gasteiger partial charge in [-0.1, -0.05) is 24.8 Å². The highest BCUT2D eigenvalue weighted by molar-refractivity contribution is 5.95. The number of ether oxygens (including phenoxy) is 3. The van der Waals surface area contributed by atoms with Crippen molar-refractivity contribution in [2.75, 3.05) is 27.9 Å². The summed E-state index contributed by atoms with van der Waals surface area (Å²) in [5.41, 5.74) is 2.40. The second kappa shape index (κ2) is 8.94. The highest BCUT2D eigenvalue weighted by Crippen LogP contribution is 2.30. The fraction of sp³-hybridized carbons (Fsp3) is 0.286. The molecule has 0 fully saturated rings. The van der Waals surface area contributed by atoms with Crippen LogP contribution >= 0.6 is 0 Å². The molecule has 0 atom stereocenters. The first kappa shape index (κ1) is 19.4. The van der Waals surface area contributed by atoms with Gasteiger partial charge in [-0.2, -0.15) is 0 Å². The van der Waals surface area contributed by atoms with Crippen molar-refractivity contribution < 1.29 is 19.0 Å². The Morgan fingerprint density at radius 3 is 2.19 bits per heavy atom. The molecule has 0 radical (unpaired) electrons. The number of carbonyl (C=O) groups is 1.